The van der Waals surface area contributed by atoms with E-state index < -0.39 is 11.7 Å². The Hall–Kier alpha value is -0.710. The second-order valence-electron chi connectivity index (χ2n) is 3.89. The van der Waals surface area contributed by atoms with Crippen molar-refractivity contribution < 1.29 is 13.2 Å². The number of hydrogen-bond acceptors (Lipinski definition) is 1. The van der Waals surface area contributed by atoms with Crippen LogP contribution in [0.5, 0.6) is 0 Å². The molecular weight excluding hydrogens is 295 g/mol. The van der Waals surface area contributed by atoms with Gasteiger partial charge in [-0.2, -0.15) is 13.2 Å². The summed E-state index contributed by atoms with van der Waals surface area (Å²) in [5.41, 5.74) is 0.310. The molecule has 0 aliphatic heterocycles. The van der Waals surface area contributed by atoms with Crippen molar-refractivity contribution in [3.63, 3.8) is 0 Å². The number of hydrogen-bond donors (Lipinski definition) is 0. The zero-order valence-electron chi connectivity index (χ0n) is 9.81. The first-order valence-corrected chi connectivity index (χ1v) is 6.49. The van der Waals surface area contributed by atoms with Crippen molar-refractivity contribution in [1.82, 2.24) is 0 Å². The minimum Gasteiger partial charge on any atom is -0.375 e. The number of benzene rings is 1. The first-order valence-electron chi connectivity index (χ1n) is 5.37. The van der Waals surface area contributed by atoms with Crippen molar-refractivity contribution in [2.24, 2.45) is 0 Å². The quantitative estimate of drug-likeness (QED) is 0.743. The Bertz CT molecular complexity index is 377. The van der Waals surface area contributed by atoms with Crippen LogP contribution in [0.15, 0.2) is 18.2 Å². The third-order valence-corrected chi connectivity index (χ3v) is 3.15. The van der Waals surface area contributed by atoms with Gasteiger partial charge < -0.3 is 4.90 Å². The Morgan fingerprint density at radius 1 is 1.29 bits per heavy atom. The van der Waals surface area contributed by atoms with Gasteiger partial charge in [-0.15, -0.1) is 0 Å². The van der Waals surface area contributed by atoms with Crippen molar-refractivity contribution in [2.75, 3.05) is 18.5 Å². The van der Waals surface area contributed by atoms with Gasteiger partial charge in [-0.3, -0.25) is 0 Å². The number of alkyl halides is 4. The van der Waals surface area contributed by atoms with Crippen LogP contribution in [0.2, 0.25) is 0 Å². The summed E-state index contributed by atoms with van der Waals surface area (Å²) in [4.78, 5) is 1.83. The molecule has 0 atom stereocenters. The van der Waals surface area contributed by atoms with E-state index in [9.17, 15) is 13.2 Å². The average molecular weight is 310 g/mol. The van der Waals surface area contributed by atoms with Crippen LogP contribution in [0.3, 0.4) is 0 Å². The Morgan fingerprint density at radius 2 is 1.94 bits per heavy atom. The fraction of sp³-hybridized carbons (Fsp3) is 0.500. The van der Waals surface area contributed by atoms with E-state index >= 15 is 0 Å². The Balaban J connectivity index is 3.13. The van der Waals surface area contributed by atoms with Crippen LogP contribution in [0.4, 0.5) is 18.9 Å². The molecular formula is C12H15BrF3N. The molecule has 0 N–H and O–H groups in total. The van der Waals surface area contributed by atoms with Crippen molar-refractivity contribution >= 4 is 21.6 Å². The van der Waals surface area contributed by atoms with Gasteiger partial charge in [0.05, 0.1) is 5.56 Å². The van der Waals surface area contributed by atoms with Gasteiger partial charge in [-0.25, -0.2) is 0 Å². The molecule has 0 bridgehead atoms. The summed E-state index contributed by atoms with van der Waals surface area (Å²) in [7, 11) is 1.80. The van der Waals surface area contributed by atoms with Crippen molar-refractivity contribution in [2.45, 2.75) is 24.9 Å². The molecule has 1 aromatic carbocycles. The molecule has 0 heterocycles. The molecule has 0 amide bonds. The molecule has 17 heavy (non-hydrogen) atoms. The molecule has 5 heteroatoms. The number of nitrogens with zero attached hydrogens (tertiary/aromatic N) is 1. The molecule has 0 spiro atoms. The monoisotopic (exact) mass is 309 g/mol. The van der Waals surface area contributed by atoms with Crippen LogP contribution < -0.4 is 4.90 Å². The van der Waals surface area contributed by atoms with Gasteiger partial charge in [0.25, 0.3) is 0 Å². The fourth-order valence-corrected chi connectivity index (χ4v) is 2.14. The SMILES string of the molecule is CCCN(C)c1ccc(CBr)c(C(F)(F)F)c1. The number of halogens is 4. The highest BCUT2D eigenvalue weighted by atomic mass is 79.9. The van der Waals surface area contributed by atoms with Crippen LogP contribution in [0, 0.1) is 0 Å². The summed E-state index contributed by atoms with van der Waals surface area (Å²) in [6.45, 7) is 2.74. The van der Waals surface area contributed by atoms with E-state index in [1.54, 1.807) is 13.1 Å². The lowest BCUT2D eigenvalue weighted by Gasteiger charge is -2.21. The van der Waals surface area contributed by atoms with Gasteiger partial charge in [-0.05, 0) is 24.1 Å². The summed E-state index contributed by atoms with van der Waals surface area (Å²) < 4.78 is 38.5. The number of rotatable bonds is 4. The predicted octanol–water partition coefficient (Wildman–Crippen LogP) is 4.45. The maximum Gasteiger partial charge on any atom is 0.416 e. The molecule has 1 aromatic rings. The fourth-order valence-electron chi connectivity index (χ4n) is 1.65. The van der Waals surface area contributed by atoms with E-state index in [2.05, 4.69) is 15.9 Å². The zero-order chi connectivity index (χ0) is 13.1. The van der Waals surface area contributed by atoms with Gasteiger partial charge in [-0.1, -0.05) is 28.9 Å². The Morgan fingerprint density at radius 3 is 2.41 bits per heavy atom. The van der Waals surface area contributed by atoms with E-state index in [1.807, 2.05) is 11.8 Å². The molecule has 0 unspecified atom stereocenters. The summed E-state index contributed by atoms with van der Waals surface area (Å²) in [5, 5.41) is 0.208. The van der Waals surface area contributed by atoms with Crippen molar-refractivity contribution in [1.29, 1.82) is 0 Å². The largest absolute Gasteiger partial charge is 0.416 e. The summed E-state index contributed by atoms with van der Waals surface area (Å²) in [6, 6.07) is 4.47. The lowest BCUT2D eigenvalue weighted by atomic mass is 10.1. The summed E-state index contributed by atoms with van der Waals surface area (Å²) in [5.74, 6) is 0. The van der Waals surface area contributed by atoms with Crippen LogP contribution in [0.25, 0.3) is 0 Å². The van der Waals surface area contributed by atoms with Crippen LogP contribution in [-0.4, -0.2) is 13.6 Å². The van der Waals surface area contributed by atoms with Gasteiger partial charge in [0.2, 0.25) is 0 Å². The summed E-state index contributed by atoms with van der Waals surface area (Å²) in [6.07, 6.45) is -3.40. The van der Waals surface area contributed by atoms with E-state index in [1.165, 1.54) is 12.1 Å². The van der Waals surface area contributed by atoms with E-state index in [-0.39, 0.29) is 10.9 Å². The van der Waals surface area contributed by atoms with Crippen molar-refractivity contribution in [3.8, 4) is 0 Å². The molecule has 1 nitrogen and oxygen atoms in total. The van der Waals surface area contributed by atoms with Gasteiger partial charge in [0.15, 0.2) is 0 Å². The Labute approximate surface area is 108 Å². The minimum absolute atomic E-state index is 0.208. The topological polar surface area (TPSA) is 3.24 Å². The standard InChI is InChI=1S/C12H15BrF3N/c1-3-6-17(2)10-5-4-9(8-13)11(7-10)12(14,15)16/h4-5,7H,3,6,8H2,1-2H3. The highest BCUT2D eigenvalue weighted by molar-refractivity contribution is 9.08. The van der Waals surface area contributed by atoms with Crippen LogP contribution in [0.1, 0.15) is 24.5 Å². The lowest BCUT2D eigenvalue weighted by Crippen LogP contribution is -2.19. The Kier molecular flexibility index (Phi) is 4.86. The normalized spacial score (nSPS) is 11.6. The van der Waals surface area contributed by atoms with Crippen LogP contribution in [-0.2, 0) is 11.5 Å². The second-order valence-corrected chi connectivity index (χ2v) is 4.46. The van der Waals surface area contributed by atoms with E-state index in [0.29, 0.717) is 5.69 Å². The predicted molar refractivity (Wildman–Crippen MR) is 67.6 cm³/mol. The zero-order valence-corrected chi connectivity index (χ0v) is 11.4. The highest BCUT2D eigenvalue weighted by Gasteiger charge is 2.33. The molecule has 96 valence electrons. The minimum atomic E-state index is -4.30. The molecule has 0 aliphatic rings. The maximum absolute atomic E-state index is 12.8. The molecule has 0 saturated heterocycles. The van der Waals surface area contributed by atoms with Gasteiger partial charge in [0.1, 0.15) is 0 Å². The third kappa shape index (κ3) is 3.63. The van der Waals surface area contributed by atoms with Gasteiger partial charge in [0, 0.05) is 24.6 Å². The third-order valence-electron chi connectivity index (χ3n) is 2.54. The second kappa shape index (κ2) is 5.76. The lowest BCUT2D eigenvalue weighted by molar-refractivity contribution is -0.138. The molecule has 0 fully saturated rings. The molecule has 0 saturated carbocycles. The molecule has 1 rings (SSSR count). The number of anilines is 1. The molecule has 0 aromatic heterocycles. The van der Waals surface area contributed by atoms with E-state index in [4.69, 9.17) is 0 Å². The first kappa shape index (κ1) is 14.4. The average Bonchev–Trinajstić information content (AvgIpc) is 2.27. The van der Waals surface area contributed by atoms with E-state index in [0.717, 1.165) is 13.0 Å². The molecule has 0 radical (unpaired) electrons. The van der Waals surface area contributed by atoms with Crippen molar-refractivity contribution in [3.05, 3.63) is 29.3 Å². The highest BCUT2D eigenvalue weighted by Crippen LogP contribution is 2.35. The molecule has 0 aliphatic carbocycles. The first-order chi connectivity index (χ1) is 7.90. The smallest absolute Gasteiger partial charge is 0.375 e. The van der Waals surface area contributed by atoms with Gasteiger partial charge >= 0.3 is 6.18 Å². The van der Waals surface area contributed by atoms with Crippen LogP contribution >= 0.6 is 15.9 Å². The summed E-state index contributed by atoms with van der Waals surface area (Å²) >= 11 is 3.08. The maximum atomic E-state index is 12.8.